The van der Waals surface area contributed by atoms with Gasteiger partial charge in [-0.2, -0.15) is 0 Å². The number of hydrogen-bond acceptors (Lipinski definition) is 3. The number of rotatable bonds is 5. The number of benzene rings is 2. The standard InChI is InChI=1S/C22H24O3/c1-4-24-22(23)20-14-19(13-17-9-5-15(2)6-10-17)25-21(20)18-11-7-16(3)8-12-18/h5-12,19H,4,13-14H2,1-3H3. The van der Waals surface area contributed by atoms with Crippen LogP contribution < -0.4 is 0 Å². The van der Waals surface area contributed by atoms with E-state index in [1.54, 1.807) is 0 Å². The first kappa shape index (κ1) is 17.3. The number of ether oxygens (including phenoxy) is 2. The molecule has 1 aliphatic heterocycles. The lowest BCUT2D eigenvalue weighted by atomic mass is 10.0. The maximum absolute atomic E-state index is 12.4. The summed E-state index contributed by atoms with van der Waals surface area (Å²) >= 11 is 0. The summed E-state index contributed by atoms with van der Waals surface area (Å²) in [5.74, 6) is 0.389. The predicted molar refractivity (Wildman–Crippen MR) is 99.1 cm³/mol. The van der Waals surface area contributed by atoms with Gasteiger partial charge >= 0.3 is 5.97 Å². The minimum absolute atomic E-state index is 0.0431. The Morgan fingerprint density at radius 2 is 1.64 bits per heavy atom. The molecule has 0 aliphatic carbocycles. The Bertz CT molecular complexity index is 770. The molecular formula is C22H24O3. The molecule has 0 fully saturated rings. The summed E-state index contributed by atoms with van der Waals surface area (Å²) in [6, 6.07) is 16.5. The third-order valence-corrected chi connectivity index (χ3v) is 4.41. The summed E-state index contributed by atoms with van der Waals surface area (Å²) in [5.41, 5.74) is 5.20. The fraction of sp³-hybridized carbons (Fsp3) is 0.318. The molecule has 3 nitrogen and oxygen atoms in total. The zero-order chi connectivity index (χ0) is 17.8. The van der Waals surface area contributed by atoms with Crippen molar-refractivity contribution in [2.75, 3.05) is 6.61 Å². The molecule has 2 aromatic carbocycles. The molecule has 0 amide bonds. The van der Waals surface area contributed by atoms with Crippen molar-refractivity contribution >= 4 is 11.7 Å². The number of hydrogen-bond donors (Lipinski definition) is 0. The molecule has 0 N–H and O–H groups in total. The molecule has 3 heteroatoms. The Morgan fingerprint density at radius 1 is 1.04 bits per heavy atom. The number of aryl methyl sites for hydroxylation is 2. The third-order valence-electron chi connectivity index (χ3n) is 4.41. The number of carbonyl (C=O) groups excluding carboxylic acids is 1. The first-order chi connectivity index (χ1) is 12.1. The van der Waals surface area contributed by atoms with E-state index in [1.807, 2.05) is 38.1 Å². The van der Waals surface area contributed by atoms with Crippen LogP contribution in [-0.4, -0.2) is 18.7 Å². The van der Waals surface area contributed by atoms with Gasteiger partial charge in [0, 0.05) is 18.4 Å². The summed E-state index contributed by atoms with van der Waals surface area (Å²) < 4.78 is 11.4. The van der Waals surface area contributed by atoms with Crippen LogP contribution >= 0.6 is 0 Å². The zero-order valence-electron chi connectivity index (χ0n) is 15.0. The molecular weight excluding hydrogens is 312 g/mol. The molecule has 0 radical (unpaired) electrons. The van der Waals surface area contributed by atoms with Crippen LogP contribution in [0, 0.1) is 13.8 Å². The van der Waals surface area contributed by atoms with Gasteiger partial charge in [-0.15, -0.1) is 0 Å². The van der Waals surface area contributed by atoms with Gasteiger partial charge in [-0.05, 0) is 26.3 Å². The van der Waals surface area contributed by atoms with Crippen molar-refractivity contribution in [2.24, 2.45) is 0 Å². The first-order valence-electron chi connectivity index (χ1n) is 8.76. The van der Waals surface area contributed by atoms with Gasteiger partial charge < -0.3 is 9.47 Å². The van der Waals surface area contributed by atoms with Gasteiger partial charge in [0.2, 0.25) is 0 Å². The van der Waals surface area contributed by atoms with Crippen molar-refractivity contribution in [3.05, 3.63) is 76.4 Å². The highest BCUT2D eigenvalue weighted by atomic mass is 16.5. The zero-order valence-corrected chi connectivity index (χ0v) is 15.0. The van der Waals surface area contributed by atoms with E-state index in [4.69, 9.17) is 9.47 Å². The van der Waals surface area contributed by atoms with E-state index < -0.39 is 0 Å². The van der Waals surface area contributed by atoms with Crippen molar-refractivity contribution < 1.29 is 14.3 Å². The molecule has 0 saturated heterocycles. The molecule has 1 unspecified atom stereocenters. The summed E-state index contributed by atoms with van der Waals surface area (Å²) in [5, 5.41) is 0. The van der Waals surface area contributed by atoms with E-state index >= 15 is 0 Å². The second-order valence-corrected chi connectivity index (χ2v) is 6.53. The maximum Gasteiger partial charge on any atom is 0.337 e. The number of esters is 1. The normalized spacial score (nSPS) is 16.7. The van der Waals surface area contributed by atoms with Crippen molar-refractivity contribution in [2.45, 2.75) is 39.7 Å². The maximum atomic E-state index is 12.4. The highest BCUT2D eigenvalue weighted by Gasteiger charge is 2.31. The van der Waals surface area contributed by atoms with Gasteiger partial charge in [0.05, 0.1) is 12.2 Å². The molecule has 0 bridgehead atoms. The topological polar surface area (TPSA) is 35.5 Å². The Hall–Kier alpha value is -2.55. The average Bonchev–Trinajstić information content (AvgIpc) is 3.02. The fourth-order valence-corrected chi connectivity index (χ4v) is 3.04. The van der Waals surface area contributed by atoms with Crippen LogP contribution in [0.1, 0.15) is 35.6 Å². The summed E-state index contributed by atoms with van der Waals surface area (Å²) in [6.45, 7) is 6.31. The Morgan fingerprint density at radius 3 is 2.24 bits per heavy atom. The molecule has 1 aliphatic rings. The minimum Gasteiger partial charge on any atom is -0.489 e. The quantitative estimate of drug-likeness (QED) is 0.748. The monoisotopic (exact) mass is 336 g/mol. The molecule has 3 rings (SSSR count). The van der Waals surface area contributed by atoms with Crippen molar-refractivity contribution in [3.63, 3.8) is 0 Å². The second kappa shape index (κ2) is 7.56. The molecule has 1 atom stereocenters. The molecule has 25 heavy (non-hydrogen) atoms. The third kappa shape index (κ3) is 4.11. The molecule has 0 aromatic heterocycles. The highest BCUT2D eigenvalue weighted by Crippen LogP contribution is 2.35. The summed E-state index contributed by atoms with van der Waals surface area (Å²) in [6.07, 6.45) is 1.31. The van der Waals surface area contributed by atoms with Crippen LogP contribution in [0.15, 0.2) is 54.1 Å². The van der Waals surface area contributed by atoms with E-state index in [0.29, 0.717) is 24.4 Å². The molecule has 2 aromatic rings. The molecule has 0 saturated carbocycles. The smallest absolute Gasteiger partial charge is 0.337 e. The van der Waals surface area contributed by atoms with Crippen LogP contribution in [0.4, 0.5) is 0 Å². The van der Waals surface area contributed by atoms with Crippen LogP contribution in [0.25, 0.3) is 5.76 Å². The van der Waals surface area contributed by atoms with Crippen LogP contribution in [0.5, 0.6) is 0 Å². The largest absolute Gasteiger partial charge is 0.489 e. The van der Waals surface area contributed by atoms with E-state index in [0.717, 1.165) is 12.0 Å². The minimum atomic E-state index is -0.274. The average molecular weight is 336 g/mol. The SMILES string of the molecule is CCOC(=O)C1=C(c2ccc(C)cc2)OC(Cc2ccc(C)cc2)C1. The second-order valence-electron chi connectivity index (χ2n) is 6.53. The van der Waals surface area contributed by atoms with Crippen LogP contribution in [-0.2, 0) is 20.7 Å². The lowest BCUT2D eigenvalue weighted by Crippen LogP contribution is -2.12. The van der Waals surface area contributed by atoms with Gasteiger partial charge in [-0.3, -0.25) is 0 Å². The molecule has 0 spiro atoms. The van der Waals surface area contributed by atoms with Gasteiger partial charge in [0.1, 0.15) is 11.9 Å². The fourth-order valence-electron chi connectivity index (χ4n) is 3.04. The Kier molecular flexibility index (Phi) is 5.22. The predicted octanol–water partition coefficient (Wildman–Crippen LogP) is 4.61. The summed E-state index contributed by atoms with van der Waals surface area (Å²) in [7, 11) is 0. The first-order valence-corrected chi connectivity index (χ1v) is 8.76. The van der Waals surface area contributed by atoms with Gasteiger partial charge in [-0.1, -0.05) is 59.7 Å². The van der Waals surface area contributed by atoms with Crippen LogP contribution in [0.2, 0.25) is 0 Å². The lowest BCUT2D eigenvalue weighted by molar-refractivity contribution is -0.138. The van der Waals surface area contributed by atoms with Gasteiger partial charge in [0.15, 0.2) is 0 Å². The van der Waals surface area contributed by atoms with Crippen molar-refractivity contribution in [1.82, 2.24) is 0 Å². The van der Waals surface area contributed by atoms with Crippen LogP contribution in [0.3, 0.4) is 0 Å². The lowest BCUT2D eigenvalue weighted by Gasteiger charge is -2.13. The van der Waals surface area contributed by atoms with E-state index in [9.17, 15) is 4.79 Å². The Labute approximate surface area is 149 Å². The highest BCUT2D eigenvalue weighted by molar-refractivity contribution is 5.97. The van der Waals surface area contributed by atoms with E-state index in [2.05, 4.69) is 31.2 Å². The number of carbonyl (C=O) groups is 1. The van der Waals surface area contributed by atoms with Gasteiger partial charge in [-0.25, -0.2) is 4.79 Å². The van der Waals surface area contributed by atoms with E-state index in [-0.39, 0.29) is 12.1 Å². The summed E-state index contributed by atoms with van der Waals surface area (Å²) in [4.78, 5) is 12.4. The molecule has 130 valence electrons. The van der Waals surface area contributed by atoms with E-state index in [1.165, 1.54) is 16.7 Å². The van der Waals surface area contributed by atoms with Crippen molar-refractivity contribution in [3.8, 4) is 0 Å². The molecule has 1 heterocycles. The van der Waals surface area contributed by atoms with Gasteiger partial charge in [0.25, 0.3) is 0 Å². The van der Waals surface area contributed by atoms with Crippen molar-refractivity contribution in [1.29, 1.82) is 0 Å². The Balaban J connectivity index is 1.82.